The maximum Gasteiger partial charge on any atom is 0.266 e. The first-order chi connectivity index (χ1) is 10.6. The van der Waals surface area contributed by atoms with Gasteiger partial charge in [-0.05, 0) is 37.6 Å². The second-order valence-electron chi connectivity index (χ2n) is 4.42. The number of nitrogens with zero attached hydrogens (tertiary/aromatic N) is 2. The molecule has 22 heavy (non-hydrogen) atoms. The fourth-order valence-corrected chi connectivity index (χ4v) is 3.43. The van der Waals surface area contributed by atoms with Crippen molar-refractivity contribution in [2.45, 2.75) is 30.7 Å². The zero-order valence-corrected chi connectivity index (χ0v) is 15.4. The largest absolute Gasteiger partial charge is 0.481 e. The lowest BCUT2D eigenvalue weighted by Crippen LogP contribution is -2.30. The Balaban J connectivity index is 1.88. The molecular formula is C14H16BrN3O2S2. The van der Waals surface area contributed by atoms with Crippen LogP contribution in [-0.4, -0.2) is 28.0 Å². The predicted octanol–water partition coefficient (Wildman–Crippen LogP) is 4.21. The molecule has 5 nitrogen and oxygen atoms in total. The smallest absolute Gasteiger partial charge is 0.266 e. The monoisotopic (exact) mass is 401 g/mol. The van der Waals surface area contributed by atoms with Gasteiger partial charge < -0.3 is 4.74 Å². The number of halogens is 1. The number of amides is 1. The molecule has 1 aromatic heterocycles. The highest BCUT2D eigenvalue weighted by atomic mass is 79.9. The number of anilines is 1. The Morgan fingerprint density at radius 1 is 1.41 bits per heavy atom. The van der Waals surface area contributed by atoms with Crippen molar-refractivity contribution in [3.8, 4) is 5.75 Å². The van der Waals surface area contributed by atoms with Crippen molar-refractivity contribution in [2.24, 2.45) is 0 Å². The van der Waals surface area contributed by atoms with Crippen LogP contribution in [0.15, 0.2) is 33.1 Å². The molecule has 0 spiro atoms. The van der Waals surface area contributed by atoms with Gasteiger partial charge >= 0.3 is 0 Å². The van der Waals surface area contributed by atoms with E-state index in [0.717, 1.165) is 21.0 Å². The summed E-state index contributed by atoms with van der Waals surface area (Å²) in [5.41, 5.74) is 0. The lowest BCUT2D eigenvalue weighted by molar-refractivity contribution is -0.122. The van der Waals surface area contributed by atoms with E-state index >= 15 is 0 Å². The van der Waals surface area contributed by atoms with E-state index in [1.807, 2.05) is 12.1 Å². The molecule has 2 aromatic rings. The maximum absolute atomic E-state index is 12.1. The van der Waals surface area contributed by atoms with Crippen molar-refractivity contribution in [3.63, 3.8) is 0 Å². The molecular weight excluding hydrogens is 386 g/mol. The molecule has 0 bridgehead atoms. The molecule has 0 radical (unpaired) electrons. The van der Waals surface area contributed by atoms with Crippen LogP contribution in [0, 0.1) is 0 Å². The molecule has 2 rings (SSSR count). The average Bonchev–Trinajstić information content (AvgIpc) is 2.95. The number of carbonyl (C=O) groups is 1. The van der Waals surface area contributed by atoms with Gasteiger partial charge in [-0.1, -0.05) is 46.0 Å². The van der Waals surface area contributed by atoms with Gasteiger partial charge in [0.25, 0.3) is 5.91 Å². The zero-order chi connectivity index (χ0) is 15.9. The highest BCUT2D eigenvalue weighted by molar-refractivity contribution is 9.10. The maximum atomic E-state index is 12.1. The van der Waals surface area contributed by atoms with Crippen LogP contribution in [-0.2, 0) is 4.79 Å². The van der Waals surface area contributed by atoms with Crippen molar-refractivity contribution in [3.05, 3.63) is 28.7 Å². The van der Waals surface area contributed by atoms with Gasteiger partial charge in [0.2, 0.25) is 5.13 Å². The summed E-state index contributed by atoms with van der Waals surface area (Å²) in [6.07, 6.45) is 0.459. The normalized spacial score (nSPS) is 12.0. The number of hydrogen-bond acceptors (Lipinski definition) is 6. The lowest BCUT2D eigenvalue weighted by atomic mass is 10.3. The number of nitrogens with one attached hydrogen (secondary N) is 1. The average molecular weight is 402 g/mol. The molecule has 8 heteroatoms. The third-order valence-electron chi connectivity index (χ3n) is 2.56. The summed E-state index contributed by atoms with van der Waals surface area (Å²) in [7, 11) is 0. The Hall–Kier alpha value is -1.12. The number of carbonyl (C=O) groups excluding carboxylic acids is 1. The van der Waals surface area contributed by atoms with Crippen LogP contribution in [0.5, 0.6) is 5.75 Å². The van der Waals surface area contributed by atoms with Gasteiger partial charge in [0.1, 0.15) is 5.75 Å². The molecule has 0 aliphatic rings. The van der Waals surface area contributed by atoms with Gasteiger partial charge in [0, 0.05) is 10.2 Å². The van der Waals surface area contributed by atoms with Gasteiger partial charge in [0.05, 0.1) is 0 Å². The molecule has 118 valence electrons. The first-order valence-corrected chi connectivity index (χ1v) is 9.37. The molecule has 1 N–H and O–H groups in total. The Labute approximate surface area is 146 Å². The van der Waals surface area contributed by atoms with Crippen LogP contribution in [0.2, 0.25) is 0 Å². The van der Waals surface area contributed by atoms with Crippen molar-refractivity contribution < 1.29 is 9.53 Å². The molecule has 1 unspecified atom stereocenters. The summed E-state index contributed by atoms with van der Waals surface area (Å²) >= 11 is 6.37. The van der Waals surface area contributed by atoms with Crippen LogP contribution in [0.1, 0.15) is 20.3 Å². The minimum atomic E-state index is -0.614. The minimum Gasteiger partial charge on any atom is -0.481 e. The summed E-state index contributed by atoms with van der Waals surface area (Å²) in [6.45, 7) is 3.81. The van der Waals surface area contributed by atoms with Gasteiger partial charge in [0.15, 0.2) is 10.4 Å². The van der Waals surface area contributed by atoms with Crippen LogP contribution < -0.4 is 10.1 Å². The SMILES string of the molecule is CCCSc1nnc(NC(=O)C(C)Oc2ccc(Br)cc2)s1. The summed E-state index contributed by atoms with van der Waals surface area (Å²) in [5, 5.41) is 11.2. The number of rotatable bonds is 7. The molecule has 1 aromatic carbocycles. The summed E-state index contributed by atoms with van der Waals surface area (Å²) < 4.78 is 7.41. The van der Waals surface area contributed by atoms with Crippen LogP contribution in [0.25, 0.3) is 0 Å². The van der Waals surface area contributed by atoms with Gasteiger partial charge in [-0.2, -0.15) is 0 Å². The summed E-state index contributed by atoms with van der Waals surface area (Å²) in [6, 6.07) is 7.33. The lowest BCUT2D eigenvalue weighted by Gasteiger charge is -2.13. The molecule has 0 saturated heterocycles. The third-order valence-corrected chi connectivity index (χ3v) is 5.27. The molecule has 0 saturated carbocycles. The molecule has 0 aliphatic heterocycles. The van der Waals surface area contributed by atoms with Crippen LogP contribution >= 0.6 is 39.0 Å². The van der Waals surface area contributed by atoms with E-state index in [-0.39, 0.29) is 5.91 Å². The predicted molar refractivity (Wildman–Crippen MR) is 93.8 cm³/mol. The van der Waals surface area contributed by atoms with E-state index in [0.29, 0.717) is 10.9 Å². The van der Waals surface area contributed by atoms with E-state index in [9.17, 15) is 4.79 Å². The number of ether oxygens (including phenoxy) is 1. The number of hydrogen-bond donors (Lipinski definition) is 1. The highest BCUT2D eigenvalue weighted by Crippen LogP contribution is 2.26. The highest BCUT2D eigenvalue weighted by Gasteiger charge is 2.17. The molecule has 1 atom stereocenters. The Morgan fingerprint density at radius 2 is 2.14 bits per heavy atom. The first kappa shape index (κ1) is 17.2. The quantitative estimate of drug-likeness (QED) is 0.555. The molecule has 1 amide bonds. The third kappa shape index (κ3) is 5.26. The zero-order valence-electron chi connectivity index (χ0n) is 12.2. The standard InChI is InChI=1S/C14H16BrN3O2S2/c1-3-8-21-14-18-17-13(22-14)16-12(19)9(2)20-11-6-4-10(15)5-7-11/h4-7,9H,3,8H2,1-2H3,(H,16,17,19). The van der Waals surface area contributed by atoms with Crippen molar-refractivity contribution in [2.75, 3.05) is 11.1 Å². The first-order valence-electron chi connectivity index (χ1n) is 6.78. The van der Waals surface area contributed by atoms with E-state index in [1.165, 1.54) is 11.3 Å². The second kappa shape index (κ2) is 8.50. The number of thioether (sulfide) groups is 1. The van der Waals surface area contributed by atoms with E-state index in [4.69, 9.17) is 4.74 Å². The Morgan fingerprint density at radius 3 is 2.82 bits per heavy atom. The van der Waals surface area contributed by atoms with E-state index in [1.54, 1.807) is 30.8 Å². The van der Waals surface area contributed by atoms with E-state index in [2.05, 4.69) is 38.4 Å². The van der Waals surface area contributed by atoms with Crippen LogP contribution in [0.4, 0.5) is 5.13 Å². The van der Waals surface area contributed by atoms with Gasteiger partial charge in [-0.25, -0.2) is 0 Å². The topological polar surface area (TPSA) is 64.1 Å². The fourth-order valence-electron chi connectivity index (χ4n) is 1.49. The summed E-state index contributed by atoms with van der Waals surface area (Å²) in [4.78, 5) is 12.1. The van der Waals surface area contributed by atoms with Crippen molar-refractivity contribution >= 4 is 50.1 Å². The fraction of sp³-hybridized carbons (Fsp3) is 0.357. The number of aromatic nitrogens is 2. The number of benzene rings is 1. The second-order valence-corrected chi connectivity index (χ2v) is 7.66. The minimum absolute atomic E-state index is 0.244. The van der Waals surface area contributed by atoms with Crippen LogP contribution in [0.3, 0.4) is 0 Å². The molecule has 0 fully saturated rings. The molecule has 1 heterocycles. The van der Waals surface area contributed by atoms with Gasteiger partial charge in [-0.3, -0.25) is 10.1 Å². The van der Waals surface area contributed by atoms with E-state index < -0.39 is 6.10 Å². The Bertz CT molecular complexity index is 619. The van der Waals surface area contributed by atoms with Crippen molar-refractivity contribution in [1.82, 2.24) is 10.2 Å². The Kier molecular flexibility index (Phi) is 6.66. The summed E-state index contributed by atoms with van der Waals surface area (Å²) in [5.74, 6) is 1.39. The van der Waals surface area contributed by atoms with Gasteiger partial charge in [-0.15, -0.1) is 10.2 Å². The van der Waals surface area contributed by atoms with Crippen molar-refractivity contribution in [1.29, 1.82) is 0 Å². The molecule has 0 aliphatic carbocycles.